The molecule has 0 unspecified atom stereocenters. The van der Waals surface area contributed by atoms with Crippen LogP contribution >= 0.6 is 15.9 Å². The molecule has 2 rings (SSSR count). The number of carbonyl (C=O) groups excluding carboxylic acids is 1. The van der Waals surface area contributed by atoms with E-state index in [0.29, 0.717) is 12.6 Å². The minimum atomic E-state index is -0.258. The van der Waals surface area contributed by atoms with Gasteiger partial charge in [-0.05, 0) is 35.2 Å². The Kier molecular flexibility index (Phi) is 5.21. The minimum absolute atomic E-state index is 0.258. The van der Waals surface area contributed by atoms with E-state index in [1.807, 2.05) is 11.7 Å². The van der Waals surface area contributed by atoms with Crippen LogP contribution in [0.15, 0.2) is 4.47 Å². The van der Waals surface area contributed by atoms with Crippen molar-refractivity contribution in [3.05, 3.63) is 15.9 Å². The first-order chi connectivity index (χ1) is 9.52. The minimum Gasteiger partial charge on any atom is -0.369 e. The van der Waals surface area contributed by atoms with Crippen LogP contribution in [0.3, 0.4) is 0 Å². The maximum atomic E-state index is 11.3. The number of amides is 1. The van der Waals surface area contributed by atoms with Crippen LogP contribution in [0.4, 0.5) is 0 Å². The predicted molar refractivity (Wildman–Crippen MR) is 82.1 cm³/mol. The van der Waals surface area contributed by atoms with Crippen molar-refractivity contribution >= 4 is 21.8 Å². The van der Waals surface area contributed by atoms with Gasteiger partial charge in [0.25, 0.3) is 0 Å². The summed E-state index contributed by atoms with van der Waals surface area (Å²) < 4.78 is 2.97. The molecule has 0 aliphatic heterocycles. The van der Waals surface area contributed by atoms with Crippen molar-refractivity contribution in [2.45, 2.75) is 51.6 Å². The van der Waals surface area contributed by atoms with Crippen molar-refractivity contribution in [2.24, 2.45) is 12.8 Å². The Morgan fingerprint density at radius 3 is 2.65 bits per heavy atom. The highest BCUT2D eigenvalue weighted by Gasteiger charge is 2.26. The topological polar surface area (TPSA) is 64.2 Å². The van der Waals surface area contributed by atoms with Gasteiger partial charge in [-0.1, -0.05) is 19.8 Å². The average molecular weight is 343 g/mol. The van der Waals surface area contributed by atoms with Gasteiger partial charge in [0.05, 0.1) is 22.4 Å². The van der Waals surface area contributed by atoms with Gasteiger partial charge in [0.1, 0.15) is 0 Å². The summed E-state index contributed by atoms with van der Waals surface area (Å²) in [6.45, 7) is 3.14. The molecule has 20 heavy (non-hydrogen) atoms. The van der Waals surface area contributed by atoms with Gasteiger partial charge in [-0.25, -0.2) is 0 Å². The lowest BCUT2D eigenvalue weighted by Crippen LogP contribution is -2.40. The monoisotopic (exact) mass is 342 g/mol. The number of nitrogens with two attached hydrogens (primary N) is 1. The van der Waals surface area contributed by atoms with Crippen LogP contribution < -0.4 is 5.73 Å². The first-order valence-corrected chi connectivity index (χ1v) is 8.04. The number of nitrogens with zero attached hydrogens (tertiary/aromatic N) is 3. The number of carbonyl (C=O) groups is 1. The Hall–Kier alpha value is -0.880. The van der Waals surface area contributed by atoms with Gasteiger partial charge in [-0.3, -0.25) is 14.4 Å². The van der Waals surface area contributed by atoms with E-state index in [0.717, 1.165) is 41.7 Å². The molecule has 6 heteroatoms. The van der Waals surface area contributed by atoms with Crippen molar-refractivity contribution in [1.82, 2.24) is 14.7 Å². The summed E-state index contributed by atoms with van der Waals surface area (Å²) in [6.07, 6.45) is 5.69. The Labute approximate surface area is 128 Å². The van der Waals surface area contributed by atoms with Gasteiger partial charge in [-0.15, -0.1) is 0 Å². The quantitative estimate of drug-likeness (QED) is 0.859. The molecule has 0 aromatic carbocycles. The zero-order chi connectivity index (χ0) is 14.7. The maximum Gasteiger partial charge on any atom is 0.231 e. The summed E-state index contributed by atoms with van der Waals surface area (Å²) in [5.41, 5.74) is 7.59. The fraction of sp³-hybridized carbons (Fsp3) is 0.714. The Bertz CT molecular complexity index is 480. The second kappa shape index (κ2) is 6.72. The molecule has 1 amide bonds. The Morgan fingerprint density at radius 1 is 1.50 bits per heavy atom. The van der Waals surface area contributed by atoms with Gasteiger partial charge >= 0.3 is 0 Å². The molecule has 1 aromatic rings. The van der Waals surface area contributed by atoms with E-state index in [1.54, 1.807) is 0 Å². The van der Waals surface area contributed by atoms with Gasteiger partial charge < -0.3 is 5.73 Å². The van der Waals surface area contributed by atoms with Crippen LogP contribution in [-0.4, -0.2) is 33.2 Å². The molecule has 0 atom stereocenters. The van der Waals surface area contributed by atoms with E-state index in [-0.39, 0.29) is 5.91 Å². The van der Waals surface area contributed by atoms with E-state index < -0.39 is 0 Å². The number of hydrogen-bond donors (Lipinski definition) is 1. The second-order valence-electron chi connectivity index (χ2n) is 5.49. The number of aryl methyl sites for hydroxylation is 2. The van der Waals surface area contributed by atoms with Crippen LogP contribution in [-0.2, 0) is 24.8 Å². The second-order valence-corrected chi connectivity index (χ2v) is 6.29. The average Bonchev–Trinajstić information content (AvgIpc) is 3.00. The smallest absolute Gasteiger partial charge is 0.231 e. The molecule has 0 radical (unpaired) electrons. The third-order valence-electron chi connectivity index (χ3n) is 4.06. The number of rotatable bonds is 6. The highest BCUT2D eigenvalue weighted by molar-refractivity contribution is 9.10. The van der Waals surface area contributed by atoms with E-state index in [2.05, 4.69) is 32.9 Å². The molecule has 1 aromatic heterocycles. The maximum absolute atomic E-state index is 11.3. The van der Waals surface area contributed by atoms with Crippen molar-refractivity contribution in [2.75, 3.05) is 6.54 Å². The molecule has 1 heterocycles. The Morgan fingerprint density at radius 2 is 2.15 bits per heavy atom. The molecular weight excluding hydrogens is 320 g/mol. The number of halogens is 1. The lowest BCUT2D eigenvalue weighted by molar-refractivity contribution is -0.119. The van der Waals surface area contributed by atoms with Crippen molar-refractivity contribution in [3.63, 3.8) is 0 Å². The van der Waals surface area contributed by atoms with Crippen molar-refractivity contribution in [1.29, 1.82) is 0 Å². The van der Waals surface area contributed by atoms with E-state index in [9.17, 15) is 4.79 Å². The highest BCUT2D eigenvalue weighted by Crippen LogP contribution is 2.28. The normalized spacial score (nSPS) is 16.2. The molecule has 1 aliphatic rings. The summed E-state index contributed by atoms with van der Waals surface area (Å²) >= 11 is 3.64. The SMILES string of the molecule is CCc1nn(C)c(CN(CC(N)=O)C2CCCC2)c1Br. The molecule has 0 saturated heterocycles. The third kappa shape index (κ3) is 3.41. The highest BCUT2D eigenvalue weighted by atomic mass is 79.9. The van der Waals surface area contributed by atoms with Crippen molar-refractivity contribution in [3.8, 4) is 0 Å². The molecule has 0 spiro atoms. The van der Waals surface area contributed by atoms with Crippen LogP contribution in [0.2, 0.25) is 0 Å². The van der Waals surface area contributed by atoms with Gasteiger partial charge in [0.15, 0.2) is 0 Å². The van der Waals surface area contributed by atoms with Gasteiger partial charge in [0, 0.05) is 19.6 Å². The lowest BCUT2D eigenvalue weighted by Gasteiger charge is -2.27. The molecular formula is C14H23BrN4O. The third-order valence-corrected chi connectivity index (χ3v) is 4.97. The molecule has 1 saturated carbocycles. The summed E-state index contributed by atoms with van der Waals surface area (Å²) in [6, 6.07) is 0.467. The Balaban J connectivity index is 2.18. The molecule has 112 valence electrons. The van der Waals surface area contributed by atoms with E-state index in [1.165, 1.54) is 12.8 Å². The van der Waals surface area contributed by atoms with Crippen LogP contribution in [0.25, 0.3) is 0 Å². The summed E-state index contributed by atoms with van der Waals surface area (Å²) in [5.74, 6) is -0.258. The van der Waals surface area contributed by atoms with Gasteiger partial charge in [-0.2, -0.15) is 5.10 Å². The van der Waals surface area contributed by atoms with Crippen LogP contribution in [0.5, 0.6) is 0 Å². The molecule has 2 N–H and O–H groups in total. The van der Waals surface area contributed by atoms with Crippen LogP contribution in [0.1, 0.15) is 44.0 Å². The molecule has 1 fully saturated rings. The van der Waals surface area contributed by atoms with Crippen LogP contribution in [0, 0.1) is 0 Å². The first kappa shape index (κ1) is 15.5. The largest absolute Gasteiger partial charge is 0.369 e. The standard InChI is InChI=1S/C14H23BrN4O/c1-3-11-14(15)12(18(2)17-11)8-19(9-13(16)20)10-6-4-5-7-10/h10H,3-9H2,1-2H3,(H2,16,20). The van der Waals surface area contributed by atoms with Crippen molar-refractivity contribution < 1.29 is 4.79 Å². The molecule has 5 nitrogen and oxygen atoms in total. The summed E-state index contributed by atoms with van der Waals surface area (Å²) in [7, 11) is 1.95. The van der Waals surface area contributed by atoms with E-state index in [4.69, 9.17) is 5.73 Å². The fourth-order valence-corrected chi connectivity index (χ4v) is 3.71. The lowest BCUT2D eigenvalue weighted by atomic mass is 10.2. The first-order valence-electron chi connectivity index (χ1n) is 7.25. The zero-order valence-electron chi connectivity index (χ0n) is 12.2. The molecule has 1 aliphatic carbocycles. The molecule has 0 bridgehead atoms. The summed E-state index contributed by atoms with van der Waals surface area (Å²) in [4.78, 5) is 13.5. The fourth-order valence-electron chi connectivity index (χ4n) is 2.97. The summed E-state index contributed by atoms with van der Waals surface area (Å²) in [5, 5.41) is 4.51. The van der Waals surface area contributed by atoms with E-state index >= 15 is 0 Å². The number of hydrogen-bond acceptors (Lipinski definition) is 3. The van der Waals surface area contributed by atoms with Gasteiger partial charge in [0.2, 0.25) is 5.91 Å². The zero-order valence-corrected chi connectivity index (χ0v) is 13.8. The predicted octanol–water partition coefficient (Wildman–Crippen LogP) is 1.97. The number of aromatic nitrogens is 2. The number of primary amides is 1.